The average molecular weight is 1280 g/mol. The SMILES string of the molecule is Brc1ccc(OC2CCCCC2)cc1.O=C1C(=O)N(c2ccc(Br)cc2)C(=O)N1c1ccc(Br)cc1.O=C1N(c2ccc(Br)cc2)C(=O)C(O)(c2ccc(OC3CCCCC3)cc2)N1c1ccc(Br)cc1. The molecule has 366 valence electrons. The van der Waals surface area contributed by atoms with E-state index in [1.54, 1.807) is 121 Å². The lowest BCUT2D eigenvalue weighted by Crippen LogP contribution is -2.47. The van der Waals surface area contributed by atoms with Crippen LogP contribution in [0.5, 0.6) is 11.5 Å². The highest BCUT2D eigenvalue weighted by Crippen LogP contribution is 2.42. The fraction of sp³-hybridized carbons (Fsp3) is 0.241. The van der Waals surface area contributed by atoms with E-state index in [4.69, 9.17) is 9.47 Å². The molecule has 2 aliphatic carbocycles. The summed E-state index contributed by atoms with van der Waals surface area (Å²) < 4.78 is 16.4. The molecule has 12 nitrogen and oxygen atoms in total. The van der Waals surface area contributed by atoms with Crippen LogP contribution in [0.15, 0.2) is 168 Å². The number of imide groups is 3. The van der Waals surface area contributed by atoms with Gasteiger partial charge >= 0.3 is 23.9 Å². The van der Waals surface area contributed by atoms with E-state index < -0.39 is 35.5 Å². The highest BCUT2D eigenvalue weighted by Gasteiger charge is 2.59. The number of aliphatic hydroxyl groups is 1. The van der Waals surface area contributed by atoms with Crippen LogP contribution in [0.3, 0.4) is 0 Å². The summed E-state index contributed by atoms with van der Waals surface area (Å²) in [4.78, 5) is 68.0. The van der Waals surface area contributed by atoms with Gasteiger partial charge in [0.2, 0.25) is 0 Å². The van der Waals surface area contributed by atoms with E-state index in [1.165, 1.54) is 38.5 Å². The van der Waals surface area contributed by atoms with E-state index in [9.17, 15) is 29.1 Å². The van der Waals surface area contributed by atoms with Gasteiger partial charge < -0.3 is 14.6 Å². The Labute approximate surface area is 453 Å². The summed E-state index contributed by atoms with van der Waals surface area (Å²) in [6, 6.07) is 40.5. The van der Waals surface area contributed by atoms with E-state index in [2.05, 4.69) is 79.6 Å². The van der Waals surface area contributed by atoms with E-state index >= 15 is 0 Å². The van der Waals surface area contributed by atoms with Crippen LogP contribution in [-0.2, 0) is 20.1 Å². The van der Waals surface area contributed by atoms with Gasteiger partial charge in [-0.15, -0.1) is 0 Å². The minimum absolute atomic E-state index is 0.180. The molecule has 4 fully saturated rings. The number of hydrogen-bond acceptors (Lipinski definition) is 8. The van der Waals surface area contributed by atoms with Crippen LogP contribution >= 0.6 is 79.6 Å². The van der Waals surface area contributed by atoms with Crippen molar-refractivity contribution in [2.24, 2.45) is 0 Å². The molecule has 7 amide bonds. The average Bonchev–Trinajstić information content (AvgIpc) is 3.73. The van der Waals surface area contributed by atoms with Gasteiger partial charge in [-0.1, -0.05) is 92.5 Å². The fourth-order valence-electron chi connectivity index (χ4n) is 8.67. The molecule has 6 aromatic carbocycles. The third-order valence-electron chi connectivity index (χ3n) is 12.3. The van der Waals surface area contributed by atoms with Gasteiger partial charge in [0.1, 0.15) is 11.5 Å². The first kappa shape index (κ1) is 52.2. The number of carbonyl (C=O) groups excluding carboxylic acids is 5. The molecule has 2 aliphatic heterocycles. The lowest BCUT2D eigenvalue weighted by atomic mass is 9.97. The van der Waals surface area contributed by atoms with Crippen LogP contribution in [0.4, 0.5) is 32.3 Å². The molecule has 1 unspecified atom stereocenters. The van der Waals surface area contributed by atoms with E-state index in [-0.39, 0.29) is 11.7 Å². The van der Waals surface area contributed by atoms with Gasteiger partial charge in [-0.3, -0.25) is 19.3 Å². The molecular weight excluding hydrogens is 1230 g/mol. The number of anilines is 4. The first-order valence-electron chi connectivity index (χ1n) is 23.1. The van der Waals surface area contributed by atoms with Gasteiger partial charge in [-0.2, -0.15) is 0 Å². The largest absolute Gasteiger partial charge is 0.490 e. The number of amides is 7. The maximum Gasteiger partial charge on any atom is 0.343 e. The number of hydrogen-bond donors (Lipinski definition) is 1. The number of halogens is 5. The standard InChI is InChI=1S/C27H24Br2N2O4.C15H8Br2N2O3.C12H15BrO/c28-19-8-12-21(13-9-19)30-25(32)27(34,31(26(30)33)22-14-10-20(29)11-15-22)18-6-16-24(17-7-18)35-23-4-2-1-3-5-23;16-9-1-5-11(6-2-9)18-13(20)14(21)19(15(18)22)12-7-3-10(17)4-8-12;13-10-6-8-12(9-7-10)14-11-4-2-1-3-5-11/h6-17,23,34H,1-5H2;1-8H;6-9,11H,1-5H2. The number of benzene rings is 6. The zero-order valence-electron chi connectivity index (χ0n) is 38.1. The first-order valence-corrected chi connectivity index (χ1v) is 27.0. The summed E-state index contributed by atoms with van der Waals surface area (Å²) in [5, 5.41) is 11.9. The van der Waals surface area contributed by atoms with Crippen molar-refractivity contribution in [2.45, 2.75) is 82.1 Å². The lowest BCUT2D eigenvalue weighted by Gasteiger charge is -2.30. The Morgan fingerprint density at radius 3 is 1.07 bits per heavy atom. The van der Waals surface area contributed by atoms with Gasteiger partial charge in [0.25, 0.3) is 11.6 Å². The smallest absolute Gasteiger partial charge is 0.343 e. The topological polar surface area (TPSA) is 137 Å². The normalized spacial score (nSPS) is 18.5. The molecule has 6 aromatic rings. The third kappa shape index (κ3) is 12.2. The zero-order valence-corrected chi connectivity index (χ0v) is 46.0. The van der Waals surface area contributed by atoms with Crippen molar-refractivity contribution < 1.29 is 38.6 Å². The minimum Gasteiger partial charge on any atom is -0.490 e. The molecule has 2 heterocycles. The summed E-state index contributed by atoms with van der Waals surface area (Å²) in [6.07, 6.45) is 12.7. The summed E-state index contributed by atoms with van der Waals surface area (Å²) in [5.41, 5.74) is -0.456. The van der Waals surface area contributed by atoms with Gasteiger partial charge in [-0.25, -0.2) is 24.3 Å². The Kier molecular flexibility index (Phi) is 17.3. The fourth-order valence-corrected chi connectivity index (χ4v) is 9.99. The van der Waals surface area contributed by atoms with Crippen LogP contribution in [0, 0.1) is 0 Å². The van der Waals surface area contributed by atoms with Crippen molar-refractivity contribution in [3.05, 3.63) is 174 Å². The maximum atomic E-state index is 13.7. The second-order valence-corrected chi connectivity index (χ2v) is 21.7. The van der Waals surface area contributed by atoms with Crippen LogP contribution in [0.2, 0.25) is 0 Å². The van der Waals surface area contributed by atoms with Gasteiger partial charge in [0, 0.05) is 33.6 Å². The van der Waals surface area contributed by atoms with E-state index in [0.29, 0.717) is 34.6 Å². The molecule has 17 heteroatoms. The highest BCUT2D eigenvalue weighted by atomic mass is 79.9. The van der Waals surface area contributed by atoms with E-state index in [1.807, 2.05) is 24.3 Å². The number of nitrogens with zero attached hydrogens (tertiary/aromatic N) is 4. The van der Waals surface area contributed by atoms with Crippen LogP contribution in [-0.4, -0.2) is 47.1 Å². The number of urea groups is 2. The quantitative estimate of drug-likeness (QED) is 0.112. The van der Waals surface area contributed by atoms with Crippen molar-refractivity contribution in [3.8, 4) is 11.5 Å². The lowest BCUT2D eigenvalue weighted by molar-refractivity contribution is -0.133. The summed E-state index contributed by atoms with van der Waals surface area (Å²) >= 11 is 16.8. The predicted molar refractivity (Wildman–Crippen MR) is 292 cm³/mol. The van der Waals surface area contributed by atoms with E-state index in [0.717, 1.165) is 73.4 Å². The monoisotopic (exact) mass is 1270 g/mol. The molecule has 1 N–H and O–H groups in total. The number of carbonyl (C=O) groups is 5. The number of rotatable bonds is 9. The molecule has 0 aromatic heterocycles. The Balaban J connectivity index is 0.000000159. The number of ether oxygens (including phenoxy) is 2. The van der Waals surface area contributed by atoms with Crippen molar-refractivity contribution in [1.82, 2.24) is 0 Å². The van der Waals surface area contributed by atoms with Crippen molar-refractivity contribution >= 4 is 132 Å². The Bertz CT molecular complexity index is 2780. The molecule has 0 spiro atoms. The summed E-state index contributed by atoms with van der Waals surface area (Å²) in [7, 11) is 0. The highest BCUT2D eigenvalue weighted by molar-refractivity contribution is 9.11. The Morgan fingerprint density at radius 2 is 0.704 bits per heavy atom. The zero-order chi connectivity index (χ0) is 50.2. The summed E-state index contributed by atoms with van der Waals surface area (Å²) in [5.74, 6) is -0.791. The van der Waals surface area contributed by atoms with Gasteiger partial charge in [-0.05, 0) is 197 Å². The molecule has 0 radical (unpaired) electrons. The minimum atomic E-state index is -2.22. The third-order valence-corrected chi connectivity index (χ3v) is 14.9. The van der Waals surface area contributed by atoms with Crippen molar-refractivity contribution in [3.63, 3.8) is 0 Å². The molecule has 1 atom stereocenters. The predicted octanol–water partition coefficient (Wildman–Crippen LogP) is 14.6. The molecule has 10 rings (SSSR count). The molecular formula is C54H47Br5N4O8. The molecule has 0 bridgehead atoms. The molecule has 2 saturated heterocycles. The van der Waals surface area contributed by atoms with Gasteiger partial charge in [0.05, 0.1) is 29.3 Å². The molecule has 2 saturated carbocycles. The Morgan fingerprint density at radius 1 is 0.394 bits per heavy atom. The van der Waals surface area contributed by atoms with Crippen molar-refractivity contribution in [2.75, 3.05) is 19.6 Å². The second-order valence-electron chi connectivity index (χ2n) is 17.1. The molecule has 4 aliphatic rings. The Hall–Kier alpha value is -5.17. The second kappa shape index (κ2) is 23.6. The molecule has 71 heavy (non-hydrogen) atoms. The van der Waals surface area contributed by atoms with Crippen LogP contribution < -0.4 is 29.1 Å². The summed E-state index contributed by atoms with van der Waals surface area (Å²) in [6.45, 7) is 0. The van der Waals surface area contributed by atoms with Crippen LogP contribution in [0.1, 0.15) is 69.8 Å². The van der Waals surface area contributed by atoms with Crippen LogP contribution in [0.25, 0.3) is 0 Å². The maximum absolute atomic E-state index is 13.7. The van der Waals surface area contributed by atoms with Crippen molar-refractivity contribution in [1.29, 1.82) is 0 Å². The van der Waals surface area contributed by atoms with Gasteiger partial charge in [0.15, 0.2) is 0 Å². The first-order chi connectivity index (χ1) is 34.2.